The molecule has 0 aliphatic carbocycles. The molecular formula is C20H32N2O2. The molecule has 4 nitrogen and oxygen atoms in total. The van der Waals surface area contributed by atoms with Gasteiger partial charge in [0.25, 0.3) is 0 Å². The fourth-order valence-corrected chi connectivity index (χ4v) is 3.02. The molecule has 1 unspecified atom stereocenters. The Bertz CT molecular complexity index is 493. The van der Waals surface area contributed by atoms with E-state index in [4.69, 9.17) is 4.74 Å². The monoisotopic (exact) mass is 332 g/mol. The predicted octanol–water partition coefficient (Wildman–Crippen LogP) is 3.68. The molecule has 1 atom stereocenters. The van der Waals surface area contributed by atoms with Crippen molar-refractivity contribution in [2.24, 2.45) is 11.8 Å². The van der Waals surface area contributed by atoms with Crippen LogP contribution in [0.5, 0.6) is 5.75 Å². The predicted molar refractivity (Wildman–Crippen MR) is 98.2 cm³/mol. The molecule has 0 bridgehead atoms. The van der Waals surface area contributed by atoms with Gasteiger partial charge in [-0.25, -0.2) is 0 Å². The Morgan fingerprint density at radius 2 is 1.88 bits per heavy atom. The van der Waals surface area contributed by atoms with E-state index < -0.39 is 0 Å². The number of piperidine rings is 1. The number of hydrogen-bond donors (Lipinski definition) is 2. The van der Waals surface area contributed by atoms with Gasteiger partial charge in [0, 0.05) is 6.42 Å². The maximum atomic E-state index is 12.2. The van der Waals surface area contributed by atoms with Gasteiger partial charge in [0.15, 0.2) is 0 Å². The Morgan fingerprint density at radius 1 is 1.21 bits per heavy atom. The molecule has 1 heterocycles. The maximum absolute atomic E-state index is 12.2. The number of nitrogens with one attached hydrogen (secondary N) is 2. The van der Waals surface area contributed by atoms with Crippen molar-refractivity contribution in [3.63, 3.8) is 0 Å². The van der Waals surface area contributed by atoms with Crippen LogP contribution in [0, 0.1) is 11.8 Å². The van der Waals surface area contributed by atoms with Crippen molar-refractivity contribution in [1.29, 1.82) is 0 Å². The van der Waals surface area contributed by atoms with Crippen LogP contribution in [0.15, 0.2) is 24.3 Å². The number of ether oxygens (including phenoxy) is 1. The summed E-state index contributed by atoms with van der Waals surface area (Å²) >= 11 is 0. The van der Waals surface area contributed by atoms with Crippen molar-refractivity contribution < 1.29 is 9.53 Å². The summed E-state index contributed by atoms with van der Waals surface area (Å²) < 4.78 is 5.70. The Labute approximate surface area is 146 Å². The van der Waals surface area contributed by atoms with E-state index in [1.807, 2.05) is 31.2 Å². The Balaban J connectivity index is 1.74. The molecule has 1 aromatic rings. The second-order valence-electron chi connectivity index (χ2n) is 7.30. The first-order chi connectivity index (χ1) is 11.5. The van der Waals surface area contributed by atoms with Crippen molar-refractivity contribution in [3.05, 3.63) is 29.8 Å². The highest BCUT2D eigenvalue weighted by Gasteiger charge is 2.15. The van der Waals surface area contributed by atoms with Crippen LogP contribution in [-0.2, 0) is 4.79 Å². The smallest absolute Gasteiger partial charge is 0.220 e. The normalized spacial score (nSPS) is 16.8. The van der Waals surface area contributed by atoms with Crippen LogP contribution in [0.1, 0.15) is 58.1 Å². The second kappa shape index (κ2) is 9.67. The third kappa shape index (κ3) is 6.52. The molecule has 1 fully saturated rings. The summed E-state index contributed by atoms with van der Waals surface area (Å²) in [5.41, 5.74) is 1.11. The average molecular weight is 332 g/mol. The summed E-state index contributed by atoms with van der Waals surface area (Å²) in [6, 6.07) is 8.07. The average Bonchev–Trinajstić information content (AvgIpc) is 2.59. The van der Waals surface area contributed by atoms with Crippen molar-refractivity contribution in [3.8, 4) is 5.75 Å². The second-order valence-corrected chi connectivity index (χ2v) is 7.30. The Hall–Kier alpha value is -1.55. The van der Waals surface area contributed by atoms with Crippen LogP contribution in [0.25, 0.3) is 0 Å². The highest BCUT2D eigenvalue weighted by molar-refractivity contribution is 5.76. The summed E-state index contributed by atoms with van der Waals surface area (Å²) in [5, 5.41) is 6.47. The van der Waals surface area contributed by atoms with E-state index in [1.165, 1.54) is 12.8 Å². The molecular weight excluding hydrogens is 300 g/mol. The fourth-order valence-electron chi connectivity index (χ4n) is 3.02. The molecule has 1 aliphatic heterocycles. The van der Waals surface area contributed by atoms with Crippen molar-refractivity contribution in [2.45, 2.75) is 52.5 Å². The van der Waals surface area contributed by atoms with E-state index >= 15 is 0 Å². The molecule has 1 amide bonds. The van der Waals surface area contributed by atoms with Crippen LogP contribution < -0.4 is 15.4 Å². The zero-order chi connectivity index (χ0) is 17.4. The zero-order valence-corrected chi connectivity index (χ0v) is 15.3. The van der Waals surface area contributed by atoms with Crippen LogP contribution in [0.3, 0.4) is 0 Å². The fraction of sp³-hybridized carbons (Fsp3) is 0.650. The largest absolute Gasteiger partial charge is 0.493 e. The molecule has 2 N–H and O–H groups in total. The summed E-state index contributed by atoms with van der Waals surface area (Å²) in [6.45, 7) is 9.21. The summed E-state index contributed by atoms with van der Waals surface area (Å²) in [6.07, 6.45) is 4.02. The number of benzene rings is 1. The highest BCUT2D eigenvalue weighted by atomic mass is 16.5. The standard InChI is InChI=1S/C20H32N2O2/c1-15(2)14-24-19-7-5-18(6-8-19)16(3)22-20(23)9-4-17-10-12-21-13-11-17/h5-8,15-17,21H,4,9-14H2,1-3H3,(H,22,23). The minimum atomic E-state index is 0.0321. The van der Waals surface area contributed by atoms with Gasteiger partial charge < -0.3 is 15.4 Å². The van der Waals surface area contributed by atoms with Crippen LogP contribution >= 0.6 is 0 Å². The van der Waals surface area contributed by atoms with E-state index in [0.717, 1.165) is 37.4 Å². The molecule has 0 radical (unpaired) electrons. The number of carbonyl (C=O) groups excluding carboxylic acids is 1. The topological polar surface area (TPSA) is 50.4 Å². The first-order valence-electron chi connectivity index (χ1n) is 9.27. The molecule has 24 heavy (non-hydrogen) atoms. The van der Waals surface area contributed by atoms with Gasteiger partial charge in [-0.1, -0.05) is 26.0 Å². The van der Waals surface area contributed by atoms with Crippen molar-refractivity contribution in [2.75, 3.05) is 19.7 Å². The van der Waals surface area contributed by atoms with Gasteiger partial charge in [0.2, 0.25) is 5.91 Å². The molecule has 1 saturated heterocycles. The lowest BCUT2D eigenvalue weighted by Gasteiger charge is -2.22. The Kier molecular flexibility index (Phi) is 7.57. The minimum Gasteiger partial charge on any atom is -0.493 e. The lowest BCUT2D eigenvalue weighted by Crippen LogP contribution is -2.30. The molecule has 134 valence electrons. The van der Waals surface area contributed by atoms with Gasteiger partial charge in [0.05, 0.1) is 12.6 Å². The number of hydrogen-bond acceptors (Lipinski definition) is 3. The summed E-state index contributed by atoms with van der Waals surface area (Å²) in [7, 11) is 0. The quantitative estimate of drug-likeness (QED) is 0.763. The van der Waals surface area contributed by atoms with Gasteiger partial charge >= 0.3 is 0 Å². The van der Waals surface area contributed by atoms with Gasteiger partial charge in [-0.05, 0) is 68.8 Å². The molecule has 1 aliphatic rings. The first-order valence-corrected chi connectivity index (χ1v) is 9.27. The third-order valence-corrected chi connectivity index (χ3v) is 4.58. The molecule has 0 spiro atoms. The SMILES string of the molecule is CC(C)COc1ccc(C(C)NC(=O)CCC2CCNCC2)cc1. The first kappa shape index (κ1) is 18.8. The van der Waals surface area contributed by atoms with Gasteiger partial charge in [-0.15, -0.1) is 0 Å². The van der Waals surface area contributed by atoms with E-state index in [-0.39, 0.29) is 11.9 Å². The number of carbonyl (C=O) groups is 1. The van der Waals surface area contributed by atoms with Gasteiger partial charge in [-0.3, -0.25) is 4.79 Å². The number of amides is 1. The van der Waals surface area contributed by atoms with E-state index in [1.54, 1.807) is 0 Å². The minimum absolute atomic E-state index is 0.0321. The zero-order valence-electron chi connectivity index (χ0n) is 15.3. The van der Waals surface area contributed by atoms with E-state index in [9.17, 15) is 4.79 Å². The number of rotatable bonds is 8. The van der Waals surface area contributed by atoms with Crippen LogP contribution in [0.2, 0.25) is 0 Å². The molecule has 4 heteroatoms. The van der Waals surface area contributed by atoms with E-state index in [2.05, 4.69) is 24.5 Å². The Morgan fingerprint density at radius 3 is 2.50 bits per heavy atom. The van der Waals surface area contributed by atoms with Gasteiger partial charge in [0.1, 0.15) is 5.75 Å². The maximum Gasteiger partial charge on any atom is 0.220 e. The lowest BCUT2D eigenvalue weighted by molar-refractivity contribution is -0.122. The van der Waals surface area contributed by atoms with Gasteiger partial charge in [-0.2, -0.15) is 0 Å². The molecule has 2 rings (SSSR count). The van der Waals surface area contributed by atoms with E-state index in [0.29, 0.717) is 18.3 Å². The summed E-state index contributed by atoms with van der Waals surface area (Å²) in [4.78, 5) is 12.2. The van der Waals surface area contributed by atoms with Crippen molar-refractivity contribution in [1.82, 2.24) is 10.6 Å². The van der Waals surface area contributed by atoms with Crippen molar-refractivity contribution >= 4 is 5.91 Å². The highest BCUT2D eigenvalue weighted by Crippen LogP contribution is 2.20. The molecule has 1 aromatic carbocycles. The molecule has 0 saturated carbocycles. The van der Waals surface area contributed by atoms with Crippen LogP contribution in [-0.4, -0.2) is 25.6 Å². The molecule has 0 aromatic heterocycles. The lowest BCUT2D eigenvalue weighted by atomic mass is 9.93. The summed E-state index contributed by atoms with van der Waals surface area (Å²) in [5.74, 6) is 2.26. The van der Waals surface area contributed by atoms with Crippen LogP contribution in [0.4, 0.5) is 0 Å². The third-order valence-electron chi connectivity index (χ3n) is 4.58.